The molecule has 2 N–H and O–H groups in total. The predicted molar refractivity (Wildman–Crippen MR) is 113 cm³/mol. The quantitative estimate of drug-likeness (QED) is 0.656. The molecule has 0 saturated carbocycles. The van der Waals surface area contributed by atoms with Crippen molar-refractivity contribution in [2.45, 2.75) is 6.42 Å². The molecule has 26 heavy (non-hydrogen) atoms. The van der Waals surface area contributed by atoms with Crippen LogP contribution in [0.25, 0.3) is 10.2 Å². The Kier molecular flexibility index (Phi) is 5.26. The van der Waals surface area contributed by atoms with Crippen molar-refractivity contribution in [3.8, 4) is 5.75 Å². The van der Waals surface area contributed by atoms with Crippen LogP contribution in [0.1, 0.15) is 5.56 Å². The standard InChI is InChI=1S/C19H20N4OS2/c1-24-15-6-7-16-17(12-15)26-19(23-16)20-9-8-13-2-4-14(5-3-13)22-18-21-10-11-25-18/h2-7,12H,8-11H2,1H3,(H,20,23)(H,21,22). The molecule has 134 valence electrons. The van der Waals surface area contributed by atoms with Gasteiger partial charge < -0.3 is 15.4 Å². The molecule has 0 aliphatic carbocycles. The van der Waals surface area contributed by atoms with E-state index in [1.54, 1.807) is 30.2 Å². The number of fused-ring (bicyclic) bond motifs is 1. The van der Waals surface area contributed by atoms with Crippen LogP contribution in [0.4, 0.5) is 10.8 Å². The first-order valence-electron chi connectivity index (χ1n) is 8.52. The van der Waals surface area contributed by atoms with Gasteiger partial charge in [-0.15, -0.1) is 0 Å². The number of nitrogens with zero attached hydrogens (tertiary/aromatic N) is 2. The van der Waals surface area contributed by atoms with E-state index in [2.05, 4.69) is 44.9 Å². The molecule has 1 aromatic heterocycles. The fourth-order valence-electron chi connectivity index (χ4n) is 2.71. The van der Waals surface area contributed by atoms with E-state index in [0.717, 1.165) is 57.2 Å². The third-order valence-corrected chi connectivity index (χ3v) is 5.94. The third-order valence-electron chi connectivity index (χ3n) is 4.08. The predicted octanol–water partition coefficient (Wildman–Crippen LogP) is 4.47. The molecule has 0 saturated heterocycles. The van der Waals surface area contributed by atoms with Crippen molar-refractivity contribution in [2.24, 2.45) is 4.99 Å². The number of anilines is 2. The summed E-state index contributed by atoms with van der Waals surface area (Å²) in [5.74, 6) is 1.94. The van der Waals surface area contributed by atoms with Crippen molar-refractivity contribution in [1.82, 2.24) is 4.98 Å². The Bertz CT molecular complexity index is 921. The van der Waals surface area contributed by atoms with Crippen LogP contribution in [-0.2, 0) is 6.42 Å². The maximum atomic E-state index is 5.27. The number of hydrogen-bond donors (Lipinski definition) is 2. The van der Waals surface area contributed by atoms with Gasteiger partial charge in [0.15, 0.2) is 10.3 Å². The van der Waals surface area contributed by atoms with Crippen molar-refractivity contribution in [1.29, 1.82) is 0 Å². The number of aromatic nitrogens is 1. The Labute approximate surface area is 160 Å². The number of benzene rings is 2. The fraction of sp³-hybridized carbons (Fsp3) is 0.263. The van der Waals surface area contributed by atoms with Crippen LogP contribution in [0.3, 0.4) is 0 Å². The molecule has 0 unspecified atom stereocenters. The maximum Gasteiger partial charge on any atom is 0.183 e. The molecular weight excluding hydrogens is 364 g/mol. The number of thiazole rings is 1. The van der Waals surface area contributed by atoms with E-state index < -0.39 is 0 Å². The minimum absolute atomic E-state index is 0.853. The smallest absolute Gasteiger partial charge is 0.183 e. The topological polar surface area (TPSA) is 58.5 Å². The van der Waals surface area contributed by atoms with Crippen LogP contribution in [0.2, 0.25) is 0 Å². The highest BCUT2D eigenvalue weighted by molar-refractivity contribution is 8.14. The third kappa shape index (κ3) is 4.11. The molecule has 0 atom stereocenters. The lowest BCUT2D eigenvalue weighted by Gasteiger charge is -2.07. The summed E-state index contributed by atoms with van der Waals surface area (Å²) in [5, 5.41) is 8.74. The molecule has 0 radical (unpaired) electrons. The molecule has 0 amide bonds. The molecular formula is C19H20N4OS2. The molecule has 0 spiro atoms. The first kappa shape index (κ1) is 17.2. The van der Waals surface area contributed by atoms with E-state index >= 15 is 0 Å². The minimum atomic E-state index is 0.853. The van der Waals surface area contributed by atoms with Crippen LogP contribution < -0.4 is 15.4 Å². The zero-order chi connectivity index (χ0) is 17.8. The van der Waals surface area contributed by atoms with Gasteiger partial charge in [0.05, 0.1) is 23.9 Å². The summed E-state index contributed by atoms with van der Waals surface area (Å²) in [4.78, 5) is 9.03. The van der Waals surface area contributed by atoms with Gasteiger partial charge in [-0.2, -0.15) is 0 Å². The fourth-order valence-corrected chi connectivity index (χ4v) is 4.38. The van der Waals surface area contributed by atoms with Gasteiger partial charge in [0.1, 0.15) is 5.75 Å². The van der Waals surface area contributed by atoms with Gasteiger partial charge in [-0.25, -0.2) is 4.98 Å². The van der Waals surface area contributed by atoms with Crippen molar-refractivity contribution in [3.63, 3.8) is 0 Å². The largest absolute Gasteiger partial charge is 0.497 e. The molecule has 0 fully saturated rings. The number of nitrogens with one attached hydrogen (secondary N) is 2. The SMILES string of the molecule is COc1ccc2nc(NCCc3ccc(NC4=NCCS4)cc3)sc2c1. The summed E-state index contributed by atoms with van der Waals surface area (Å²) in [6.45, 7) is 1.77. The second-order valence-corrected chi connectivity index (χ2v) is 8.00. The number of thioether (sulfide) groups is 1. The zero-order valence-corrected chi connectivity index (χ0v) is 16.1. The van der Waals surface area contributed by atoms with Gasteiger partial charge in [0.25, 0.3) is 0 Å². The highest BCUT2D eigenvalue weighted by atomic mass is 32.2. The summed E-state index contributed by atoms with van der Waals surface area (Å²) in [7, 11) is 1.68. The summed E-state index contributed by atoms with van der Waals surface area (Å²) in [6.07, 6.45) is 0.954. The average Bonchev–Trinajstić information content (AvgIpc) is 3.31. The molecule has 4 rings (SSSR count). The monoisotopic (exact) mass is 384 g/mol. The minimum Gasteiger partial charge on any atom is -0.497 e. The number of methoxy groups -OCH3 is 1. The first-order valence-corrected chi connectivity index (χ1v) is 10.3. The van der Waals surface area contributed by atoms with Crippen molar-refractivity contribution < 1.29 is 4.74 Å². The van der Waals surface area contributed by atoms with Crippen molar-refractivity contribution in [3.05, 3.63) is 48.0 Å². The number of hydrogen-bond acceptors (Lipinski definition) is 7. The second-order valence-electron chi connectivity index (χ2n) is 5.89. The van der Waals surface area contributed by atoms with Gasteiger partial charge in [-0.05, 0) is 42.3 Å². The second kappa shape index (κ2) is 7.97. The zero-order valence-electron chi connectivity index (χ0n) is 14.5. The number of amidine groups is 1. The van der Waals surface area contributed by atoms with E-state index in [0.29, 0.717) is 0 Å². The maximum absolute atomic E-state index is 5.27. The Morgan fingerprint density at radius 2 is 2.04 bits per heavy atom. The van der Waals surface area contributed by atoms with Gasteiger partial charge >= 0.3 is 0 Å². The lowest BCUT2D eigenvalue weighted by Crippen LogP contribution is -2.06. The van der Waals surface area contributed by atoms with E-state index in [9.17, 15) is 0 Å². The number of rotatable bonds is 6. The molecule has 5 nitrogen and oxygen atoms in total. The van der Waals surface area contributed by atoms with Crippen LogP contribution in [0.5, 0.6) is 5.75 Å². The highest BCUT2D eigenvalue weighted by Crippen LogP contribution is 2.29. The van der Waals surface area contributed by atoms with Crippen LogP contribution in [0.15, 0.2) is 47.5 Å². The Hall–Kier alpha value is -2.25. The van der Waals surface area contributed by atoms with Gasteiger partial charge in [-0.3, -0.25) is 4.99 Å². The lowest BCUT2D eigenvalue weighted by molar-refractivity contribution is 0.415. The summed E-state index contributed by atoms with van der Waals surface area (Å²) in [6, 6.07) is 14.5. The Morgan fingerprint density at radius 3 is 2.81 bits per heavy atom. The van der Waals surface area contributed by atoms with Crippen LogP contribution in [-0.4, -0.2) is 36.1 Å². The molecule has 0 bridgehead atoms. The highest BCUT2D eigenvalue weighted by Gasteiger charge is 2.07. The average molecular weight is 385 g/mol. The van der Waals surface area contributed by atoms with Crippen molar-refractivity contribution >= 4 is 49.3 Å². The molecule has 7 heteroatoms. The van der Waals surface area contributed by atoms with Gasteiger partial charge in [0, 0.05) is 18.0 Å². The molecule has 2 aromatic carbocycles. The summed E-state index contributed by atoms with van der Waals surface area (Å²) >= 11 is 3.43. The van der Waals surface area contributed by atoms with E-state index in [1.807, 2.05) is 18.2 Å². The van der Waals surface area contributed by atoms with E-state index in [1.165, 1.54) is 5.56 Å². The summed E-state index contributed by atoms with van der Waals surface area (Å²) < 4.78 is 6.40. The number of ether oxygens (including phenoxy) is 1. The normalized spacial score (nSPS) is 13.7. The van der Waals surface area contributed by atoms with Crippen LogP contribution in [0, 0.1) is 0 Å². The Morgan fingerprint density at radius 1 is 1.15 bits per heavy atom. The molecule has 1 aliphatic rings. The summed E-state index contributed by atoms with van der Waals surface area (Å²) in [5.41, 5.74) is 3.39. The van der Waals surface area contributed by atoms with E-state index in [-0.39, 0.29) is 0 Å². The lowest BCUT2D eigenvalue weighted by atomic mass is 10.1. The first-order chi connectivity index (χ1) is 12.8. The van der Waals surface area contributed by atoms with Gasteiger partial charge in [-0.1, -0.05) is 35.2 Å². The molecule has 3 aromatic rings. The number of aliphatic imine (C=N–C) groups is 1. The molecule has 1 aliphatic heterocycles. The van der Waals surface area contributed by atoms with Gasteiger partial charge in [0.2, 0.25) is 0 Å². The van der Waals surface area contributed by atoms with E-state index in [4.69, 9.17) is 4.74 Å². The van der Waals surface area contributed by atoms with Crippen molar-refractivity contribution in [2.75, 3.05) is 36.6 Å². The molecule has 2 heterocycles. The van der Waals surface area contributed by atoms with Crippen LogP contribution >= 0.6 is 23.1 Å². The Balaban J connectivity index is 1.31.